The molecule has 0 fully saturated rings. The van der Waals surface area contributed by atoms with E-state index >= 15 is 0 Å². The van der Waals surface area contributed by atoms with Crippen molar-refractivity contribution in [1.29, 1.82) is 0 Å². The molecule has 1 heterocycles. The number of nitrogens with one attached hydrogen (secondary N) is 1. The minimum Gasteiger partial charge on any atom is -0.478 e. The Morgan fingerprint density at radius 2 is 2.25 bits per heavy atom. The van der Waals surface area contributed by atoms with Crippen LogP contribution in [0.1, 0.15) is 10.4 Å². The van der Waals surface area contributed by atoms with Gasteiger partial charge in [0, 0.05) is 13.7 Å². The van der Waals surface area contributed by atoms with Crippen LogP contribution in [0.3, 0.4) is 0 Å². The average Bonchev–Trinajstić information content (AvgIpc) is 2.82. The highest BCUT2D eigenvalue weighted by Gasteiger charge is 2.14. The van der Waals surface area contributed by atoms with Gasteiger partial charge in [0.05, 0.1) is 17.7 Å². The van der Waals surface area contributed by atoms with Gasteiger partial charge in [0.1, 0.15) is 12.1 Å². The van der Waals surface area contributed by atoms with Crippen LogP contribution in [0.4, 0.5) is 0 Å². The smallest absolute Gasteiger partial charge is 0.338 e. The summed E-state index contributed by atoms with van der Waals surface area (Å²) < 4.78 is 6.19. The Kier molecular flexibility index (Phi) is 4.26. The van der Waals surface area contributed by atoms with E-state index in [1.165, 1.54) is 10.7 Å². The zero-order valence-corrected chi connectivity index (χ0v) is 10.9. The van der Waals surface area contributed by atoms with Crippen molar-refractivity contribution < 1.29 is 19.4 Å². The molecule has 0 aliphatic heterocycles. The molecule has 1 aromatic carbocycles. The van der Waals surface area contributed by atoms with Crippen molar-refractivity contribution in [3.63, 3.8) is 0 Å². The number of hydrogen-bond acceptors (Lipinski definition) is 5. The van der Waals surface area contributed by atoms with Crippen LogP contribution in [0.25, 0.3) is 11.0 Å². The van der Waals surface area contributed by atoms with Crippen molar-refractivity contribution in [2.75, 3.05) is 20.3 Å². The van der Waals surface area contributed by atoms with Gasteiger partial charge in [-0.05, 0) is 12.1 Å². The fourth-order valence-corrected chi connectivity index (χ4v) is 1.77. The fraction of sp³-hybridized carbons (Fsp3) is 0.333. The Bertz CT molecular complexity index is 637. The van der Waals surface area contributed by atoms with Crippen molar-refractivity contribution in [3.05, 3.63) is 23.8 Å². The molecule has 0 unspecified atom stereocenters. The van der Waals surface area contributed by atoms with E-state index in [0.717, 1.165) is 0 Å². The summed E-state index contributed by atoms with van der Waals surface area (Å²) in [4.78, 5) is 22.7. The van der Waals surface area contributed by atoms with Gasteiger partial charge in [-0.2, -0.15) is 0 Å². The molecule has 0 bridgehead atoms. The summed E-state index contributed by atoms with van der Waals surface area (Å²) in [7, 11) is 1.55. The average molecular weight is 278 g/mol. The number of aromatic nitrogens is 3. The Hall–Kier alpha value is -2.48. The molecule has 0 saturated heterocycles. The molecule has 20 heavy (non-hydrogen) atoms. The van der Waals surface area contributed by atoms with E-state index < -0.39 is 5.97 Å². The lowest BCUT2D eigenvalue weighted by Crippen LogP contribution is -2.30. The number of amides is 1. The van der Waals surface area contributed by atoms with Crippen LogP contribution < -0.4 is 5.32 Å². The Morgan fingerprint density at radius 3 is 2.95 bits per heavy atom. The van der Waals surface area contributed by atoms with Crippen LogP contribution >= 0.6 is 0 Å². The molecule has 0 spiro atoms. The quantitative estimate of drug-likeness (QED) is 0.714. The molecule has 1 amide bonds. The van der Waals surface area contributed by atoms with E-state index in [2.05, 4.69) is 15.6 Å². The second-order valence-corrected chi connectivity index (χ2v) is 4.07. The van der Waals surface area contributed by atoms with Crippen molar-refractivity contribution in [2.24, 2.45) is 0 Å². The first-order valence-corrected chi connectivity index (χ1v) is 5.94. The van der Waals surface area contributed by atoms with Crippen LogP contribution in [-0.2, 0) is 16.1 Å². The van der Waals surface area contributed by atoms with Gasteiger partial charge in [-0.15, -0.1) is 5.10 Å². The number of carboxylic acid groups (broad SMARTS) is 1. The maximum atomic E-state index is 11.7. The van der Waals surface area contributed by atoms with E-state index in [0.29, 0.717) is 18.7 Å². The minimum atomic E-state index is -1.08. The zero-order chi connectivity index (χ0) is 14.5. The number of carbonyl (C=O) groups excluding carboxylic acids is 1. The molecule has 8 nitrogen and oxygen atoms in total. The number of aromatic carboxylic acids is 1. The number of ether oxygens (including phenoxy) is 1. The molecule has 106 valence electrons. The van der Waals surface area contributed by atoms with Gasteiger partial charge in [-0.3, -0.25) is 4.79 Å². The highest BCUT2D eigenvalue weighted by atomic mass is 16.5. The molecule has 0 saturated carbocycles. The first kappa shape index (κ1) is 13.9. The zero-order valence-electron chi connectivity index (χ0n) is 10.9. The summed E-state index contributed by atoms with van der Waals surface area (Å²) in [6.07, 6.45) is 0. The summed E-state index contributed by atoms with van der Waals surface area (Å²) in [6.45, 7) is 0.804. The monoisotopic (exact) mass is 278 g/mol. The van der Waals surface area contributed by atoms with Gasteiger partial charge < -0.3 is 15.2 Å². The van der Waals surface area contributed by atoms with Crippen molar-refractivity contribution >= 4 is 22.9 Å². The van der Waals surface area contributed by atoms with Crippen LogP contribution in [0.2, 0.25) is 0 Å². The standard InChI is InChI=1S/C12H14N4O4/c1-20-6-5-13-10(17)7-16-9-4-2-3-8(12(18)19)11(9)14-15-16/h2-4H,5-7H2,1H3,(H,13,17)(H,18,19). The number of rotatable bonds is 6. The molecule has 2 rings (SSSR count). The lowest BCUT2D eigenvalue weighted by atomic mass is 10.2. The molecule has 1 aromatic heterocycles. The second-order valence-electron chi connectivity index (χ2n) is 4.07. The summed E-state index contributed by atoms with van der Waals surface area (Å²) >= 11 is 0. The topological polar surface area (TPSA) is 106 Å². The van der Waals surface area contributed by atoms with E-state index in [-0.39, 0.29) is 23.5 Å². The normalized spacial score (nSPS) is 10.7. The summed E-state index contributed by atoms with van der Waals surface area (Å²) in [6, 6.07) is 4.71. The minimum absolute atomic E-state index is 0.0245. The number of carboxylic acids is 1. The predicted molar refractivity (Wildman–Crippen MR) is 69.4 cm³/mol. The van der Waals surface area contributed by atoms with E-state index in [9.17, 15) is 9.59 Å². The first-order valence-electron chi connectivity index (χ1n) is 5.94. The van der Waals surface area contributed by atoms with Gasteiger partial charge in [0.2, 0.25) is 5.91 Å². The van der Waals surface area contributed by atoms with E-state index in [1.807, 2.05) is 0 Å². The SMILES string of the molecule is COCCNC(=O)Cn1nnc2c(C(=O)O)cccc21. The highest BCUT2D eigenvalue weighted by molar-refractivity contribution is 6.00. The third kappa shape index (κ3) is 2.91. The van der Waals surface area contributed by atoms with Crippen molar-refractivity contribution in [1.82, 2.24) is 20.3 Å². The third-order valence-electron chi connectivity index (χ3n) is 2.70. The molecule has 0 atom stereocenters. The number of benzene rings is 1. The Morgan fingerprint density at radius 1 is 1.45 bits per heavy atom. The van der Waals surface area contributed by atoms with Crippen LogP contribution in [0.5, 0.6) is 0 Å². The number of hydrogen-bond donors (Lipinski definition) is 2. The van der Waals surface area contributed by atoms with Gasteiger partial charge in [-0.1, -0.05) is 11.3 Å². The van der Waals surface area contributed by atoms with E-state index in [1.54, 1.807) is 19.2 Å². The molecular formula is C12H14N4O4. The molecule has 0 radical (unpaired) electrons. The molecule has 8 heteroatoms. The van der Waals surface area contributed by atoms with Crippen LogP contribution in [-0.4, -0.2) is 52.2 Å². The second kappa shape index (κ2) is 6.11. The third-order valence-corrected chi connectivity index (χ3v) is 2.70. The maximum Gasteiger partial charge on any atom is 0.338 e. The van der Waals surface area contributed by atoms with Crippen LogP contribution in [0.15, 0.2) is 18.2 Å². The molecule has 0 aliphatic carbocycles. The fourth-order valence-electron chi connectivity index (χ4n) is 1.77. The van der Waals surface area contributed by atoms with Gasteiger partial charge in [0.25, 0.3) is 0 Å². The number of nitrogens with zero attached hydrogens (tertiary/aromatic N) is 3. The number of methoxy groups -OCH3 is 1. The Labute approximate surface area is 114 Å². The molecule has 0 aliphatic rings. The summed E-state index contributed by atoms with van der Waals surface area (Å²) in [5.41, 5.74) is 0.838. The van der Waals surface area contributed by atoms with Gasteiger partial charge in [-0.25, -0.2) is 9.48 Å². The number of carbonyl (C=O) groups is 2. The van der Waals surface area contributed by atoms with Gasteiger partial charge in [0.15, 0.2) is 0 Å². The lowest BCUT2D eigenvalue weighted by Gasteiger charge is -2.05. The number of fused-ring (bicyclic) bond motifs is 1. The summed E-state index contributed by atoms with van der Waals surface area (Å²) in [5, 5.41) is 19.3. The molecule has 2 N–H and O–H groups in total. The van der Waals surface area contributed by atoms with Crippen LogP contribution in [0, 0.1) is 0 Å². The van der Waals surface area contributed by atoms with Crippen molar-refractivity contribution in [2.45, 2.75) is 6.54 Å². The highest BCUT2D eigenvalue weighted by Crippen LogP contribution is 2.15. The maximum absolute atomic E-state index is 11.7. The van der Waals surface area contributed by atoms with E-state index in [4.69, 9.17) is 9.84 Å². The van der Waals surface area contributed by atoms with Crippen molar-refractivity contribution in [3.8, 4) is 0 Å². The largest absolute Gasteiger partial charge is 0.478 e. The summed E-state index contributed by atoms with van der Waals surface area (Å²) in [5.74, 6) is -1.32. The lowest BCUT2D eigenvalue weighted by molar-refractivity contribution is -0.122. The molecular weight excluding hydrogens is 264 g/mol. The Balaban J connectivity index is 2.17. The predicted octanol–water partition coefficient (Wildman–Crippen LogP) is -0.108. The molecule has 2 aromatic rings. The first-order chi connectivity index (χ1) is 9.63. The van der Waals surface area contributed by atoms with Gasteiger partial charge >= 0.3 is 5.97 Å².